The third-order valence-electron chi connectivity index (χ3n) is 4.43. The fourth-order valence-electron chi connectivity index (χ4n) is 3.50. The summed E-state index contributed by atoms with van der Waals surface area (Å²) in [6.07, 6.45) is 0.870. The van der Waals surface area contributed by atoms with E-state index in [0.29, 0.717) is 19.5 Å². The van der Waals surface area contributed by atoms with Gasteiger partial charge in [0.1, 0.15) is 0 Å². The molecule has 0 spiro atoms. The van der Waals surface area contributed by atoms with Crippen molar-refractivity contribution in [2.45, 2.75) is 37.4 Å². The molecule has 0 aliphatic carbocycles. The van der Waals surface area contributed by atoms with Crippen molar-refractivity contribution in [2.75, 3.05) is 31.1 Å². The standard InChI is InChI=1S/C16H23N3O4S/c1-11-8-18(9-12(2)23-11)10-16(20)19-6-5-13-7-14(24(17,21)22)3-4-15(13)19/h3-4,7,11-12H,5-6,8-10H2,1-2H3,(H2,17,21,22)/t11-,12-/m0/s1. The summed E-state index contributed by atoms with van der Waals surface area (Å²) >= 11 is 0. The van der Waals surface area contributed by atoms with Crippen molar-refractivity contribution >= 4 is 21.6 Å². The molecule has 132 valence electrons. The summed E-state index contributed by atoms with van der Waals surface area (Å²) in [5, 5.41) is 5.17. The average molecular weight is 353 g/mol. The molecule has 3 rings (SSSR count). The van der Waals surface area contributed by atoms with Crippen LogP contribution in [0.5, 0.6) is 0 Å². The van der Waals surface area contributed by atoms with Crippen LogP contribution in [0, 0.1) is 0 Å². The van der Waals surface area contributed by atoms with Gasteiger partial charge in [0.2, 0.25) is 15.9 Å². The van der Waals surface area contributed by atoms with Gasteiger partial charge in [0, 0.05) is 25.3 Å². The van der Waals surface area contributed by atoms with Gasteiger partial charge in [-0.3, -0.25) is 9.69 Å². The number of benzene rings is 1. The zero-order valence-electron chi connectivity index (χ0n) is 13.9. The highest BCUT2D eigenvalue weighted by Gasteiger charge is 2.29. The molecule has 8 heteroatoms. The van der Waals surface area contributed by atoms with Gasteiger partial charge in [0.15, 0.2) is 0 Å². The lowest BCUT2D eigenvalue weighted by Crippen LogP contribution is -2.49. The Labute approximate surface area is 142 Å². The number of morpholine rings is 1. The number of carbonyl (C=O) groups is 1. The molecule has 0 radical (unpaired) electrons. The molecule has 7 nitrogen and oxygen atoms in total. The zero-order chi connectivity index (χ0) is 17.5. The Morgan fingerprint density at radius 1 is 1.29 bits per heavy atom. The largest absolute Gasteiger partial charge is 0.373 e. The second-order valence-corrected chi connectivity index (χ2v) is 8.14. The molecule has 0 bridgehead atoms. The van der Waals surface area contributed by atoms with Gasteiger partial charge in [0.05, 0.1) is 23.6 Å². The van der Waals surface area contributed by atoms with E-state index in [2.05, 4.69) is 4.90 Å². The van der Waals surface area contributed by atoms with Gasteiger partial charge < -0.3 is 9.64 Å². The molecule has 2 N–H and O–H groups in total. The third-order valence-corrected chi connectivity index (χ3v) is 5.34. The van der Waals surface area contributed by atoms with Gasteiger partial charge in [-0.05, 0) is 44.0 Å². The van der Waals surface area contributed by atoms with Crippen molar-refractivity contribution in [1.29, 1.82) is 0 Å². The SMILES string of the molecule is C[C@H]1CN(CC(=O)N2CCc3cc(S(N)(=O)=O)ccc32)C[C@H](C)O1. The molecule has 1 saturated heterocycles. The fourth-order valence-corrected chi connectivity index (χ4v) is 4.07. The van der Waals surface area contributed by atoms with E-state index >= 15 is 0 Å². The molecule has 1 fully saturated rings. The van der Waals surface area contributed by atoms with Crippen LogP contribution in [0.3, 0.4) is 0 Å². The number of ether oxygens (including phenoxy) is 1. The maximum Gasteiger partial charge on any atom is 0.241 e. The lowest BCUT2D eigenvalue weighted by atomic mass is 10.2. The van der Waals surface area contributed by atoms with Gasteiger partial charge in [0.25, 0.3) is 0 Å². The predicted molar refractivity (Wildman–Crippen MR) is 90.3 cm³/mol. The molecule has 2 aliphatic rings. The van der Waals surface area contributed by atoms with Crippen LogP contribution in [0.1, 0.15) is 19.4 Å². The number of hydrogen-bond acceptors (Lipinski definition) is 5. The van der Waals surface area contributed by atoms with E-state index in [1.807, 2.05) is 13.8 Å². The van der Waals surface area contributed by atoms with Crippen LogP contribution in [0.2, 0.25) is 0 Å². The first-order valence-corrected chi connectivity index (χ1v) is 9.62. The molecular formula is C16H23N3O4S. The molecule has 2 atom stereocenters. The van der Waals surface area contributed by atoms with Crippen molar-refractivity contribution in [3.63, 3.8) is 0 Å². The number of primary sulfonamides is 1. The van der Waals surface area contributed by atoms with Gasteiger partial charge >= 0.3 is 0 Å². The number of fused-ring (bicyclic) bond motifs is 1. The van der Waals surface area contributed by atoms with Crippen molar-refractivity contribution in [1.82, 2.24) is 4.90 Å². The Balaban J connectivity index is 1.73. The number of sulfonamides is 1. The van der Waals surface area contributed by atoms with E-state index in [1.54, 1.807) is 17.0 Å². The predicted octanol–water partition coefficient (Wildman–Crippen LogP) is 0.332. The molecule has 2 heterocycles. The highest BCUT2D eigenvalue weighted by molar-refractivity contribution is 7.89. The van der Waals surface area contributed by atoms with Crippen molar-refractivity contribution in [3.8, 4) is 0 Å². The molecule has 0 aromatic heterocycles. The lowest BCUT2D eigenvalue weighted by molar-refractivity contribution is -0.123. The number of amides is 1. The number of carbonyl (C=O) groups excluding carboxylic acids is 1. The van der Waals surface area contributed by atoms with Crippen LogP contribution >= 0.6 is 0 Å². The molecule has 1 aromatic carbocycles. The minimum Gasteiger partial charge on any atom is -0.373 e. The summed E-state index contributed by atoms with van der Waals surface area (Å²) in [6.45, 7) is 6.40. The minimum absolute atomic E-state index is 0.0263. The van der Waals surface area contributed by atoms with Crippen LogP contribution in [0.15, 0.2) is 23.1 Å². The summed E-state index contributed by atoms with van der Waals surface area (Å²) in [5.74, 6) is 0.0263. The summed E-state index contributed by atoms with van der Waals surface area (Å²) in [6, 6.07) is 4.69. The molecule has 0 saturated carbocycles. The Bertz CT molecular complexity index is 740. The molecule has 24 heavy (non-hydrogen) atoms. The summed E-state index contributed by atoms with van der Waals surface area (Å²) in [5.41, 5.74) is 1.63. The van der Waals surface area contributed by atoms with Gasteiger partial charge in [-0.15, -0.1) is 0 Å². The molecule has 2 aliphatic heterocycles. The van der Waals surface area contributed by atoms with Gasteiger partial charge in [-0.1, -0.05) is 0 Å². The quantitative estimate of drug-likeness (QED) is 0.845. The van der Waals surface area contributed by atoms with E-state index < -0.39 is 10.0 Å². The van der Waals surface area contributed by atoms with Crippen LogP contribution < -0.4 is 10.0 Å². The Hall–Kier alpha value is -1.48. The molecular weight excluding hydrogens is 330 g/mol. The number of nitrogens with zero attached hydrogens (tertiary/aromatic N) is 2. The second-order valence-electron chi connectivity index (χ2n) is 6.58. The minimum atomic E-state index is -3.72. The number of hydrogen-bond donors (Lipinski definition) is 1. The normalized spacial score (nSPS) is 24.9. The van der Waals surface area contributed by atoms with Crippen LogP contribution in [-0.2, 0) is 26.0 Å². The van der Waals surface area contributed by atoms with E-state index in [1.165, 1.54) is 6.07 Å². The zero-order valence-corrected chi connectivity index (χ0v) is 14.8. The number of anilines is 1. The molecule has 1 amide bonds. The summed E-state index contributed by atoms with van der Waals surface area (Å²) in [7, 11) is -3.72. The lowest BCUT2D eigenvalue weighted by Gasteiger charge is -2.35. The van der Waals surface area contributed by atoms with Crippen LogP contribution in [0.4, 0.5) is 5.69 Å². The maximum atomic E-state index is 12.7. The maximum absolute atomic E-state index is 12.7. The Morgan fingerprint density at radius 3 is 2.58 bits per heavy atom. The monoisotopic (exact) mass is 353 g/mol. The van der Waals surface area contributed by atoms with Gasteiger partial charge in [-0.2, -0.15) is 0 Å². The Kier molecular flexibility index (Phi) is 4.65. The topological polar surface area (TPSA) is 92.9 Å². The first-order valence-electron chi connectivity index (χ1n) is 8.08. The fraction of sp³-hybridized carbons (Fsp3) is 0.562. The van der Waals surface area contributed by atoms with E-state index in [4.69, 9.17) is 9.88 Å². The van der Waals surface area contributed by atoms with Crippen LogP contribution in [-0.4, -0.2) is 57.6 Å². The van der Waals surface area contributed by atoms with Gasteiger partial charge in [-0.25, -0.2) is 13.6 Å². The third kappa shape index (κ3) is 3.61. The van der Waals surface area contributed by atoms with E-state index in [-0.39, 0.29) is 23.0 Å². The second kappa shape index (κ2) is 6.44. The van der Waals surface area contributed by atoms with E-state index in [0.717, 1.165) is 24.3 Å². The molecule has 1 aromatic rings. The smallest absolute Gasteiger partial charge is 0.241 e. The summed E-state index contributed by atoms with van der Waals surface area (Å²) < 4.78 is 28.6. The molecule has 0 unspecified atom stereocenters. The number of nitrogens with two attached hydrogens (primary N) is 1. The Morgan fingerprint density at radius 2 is 1.96 bits per heavy atom. The number of rotatable bonds is 3. The first-order chi connectivity index (χ1) is 11.2. The average Bonchev–Trinajstić information content (AvgIpc) is 2.88. The summed E-state index contributed by atoms with van der Waals surface area (Å²) in [4.78, 5) is 16.6. The van der Waals surface area contributed by atoms with Crippen LogP contribution in [0.25, 0.3) is 0 Å². The van der Waals surface area contributed by atoms with Crippen molar-refractivity contribution in [3.05, 3.63) is 23.8 Å². The first kappa shape index (κ1) is 17.3. The van der Waals surface area contributed by atoms with E-state index in [9.17, 15) is 13.2 Å². The van der Waals surface area contributed by atoms with Crippen molar-refractivity contribution in [2.24, 2.45) is 5.14 Å². The highest BCUT2D eigenvalue weighted by Crippen LogP contribution is 2.30. The van der Waals surface area contributed by atoms with Crippen molar-refractivity contribution < 1.29 is 17.9 Å². The highest BCUT2D eigenvalue weighted by atomic mass is 32.2.